The summed E-state index contributed by atoms with van der Waals surface area (Å²) in [6, 6.07) is 0.658. The van der Waals surface area contributed by atoms with E-state index in [1.807, 2.05) is 0 Å². The van der Waals surface area contributed by atoms with Crippen molar-refractivity contribution in [2.24, 2.45) is 17.8 Å². The van der Waals surface area contributed by atoms with E-state index in [4.69, 9.17) is 4.98 Å². The number of halogens is 4. The summed E-state index contributed by atoms with van der Waals surface area (Å²) in [5, 5.41) is 27.5. The molecule has 15 heteroatoms. The number of fused-ring (bicyclic) bond motifs is 1. The predicted molar refractivity (Wildman–Crippen MR) is 141 cm³/mol. The number of carbonyl (C=O) groups excluding carboxylic acids is 2. The molecule has 11 nitrogen and oxygen atoms in total. The monoisotopic (exact) mass is 607 g/mol. The van der Waals surface area contributed by atoms with Crippen LogP contribution in [-0.2, 0) is 4.79 Å². The lowest BCUT2D eigenvalue weighted by Crippen LogP contribution is -2.39. The number of hydrogen-bond donors (Lipinski definition) is 3. The Hall–Kier alpha value is -3.62. The van der Waals surface area contributed by atoms with Gasteiger partial charge in [-0.3, -0.25) is 9.59 Å². The molecule has 3 aromatic heterocycles. The van der Waals surface area contributed by atoms with Crippen LogP contribution >= 0.6 is 0 Å². The second-order valence-corrected chi connectivity index (χ2v) is 12.3. The molecule has 0 spiro atoms. The highest BCUT2D eigenvalue weighted by Gasteiger charge is 2.46. The second-order valence-electron chi connectivity index (χ2n) is 12.3. The van der Waals surface area contributed by atoms with Gasteiger partial charge in [0.25, 0.3) is 5.91 Å². The van der Waals surface area contributed by atoms with Gasteiger partial charge in [0.15, 0.2) is 11.3 Å². The van der Waals surface area contributed by atoms with E-state index >= 15 is 0 Å². The molecule has 3 atom stereocenters. The Kier molecular flexibility index (Phi) is 7.63. The third-order valence-electron chi connectivity index (χ3n) is 8.74. The molecule has 0 aliphatic heterocycles. The van der Waals surface area contributed by atoms with E-state index in [9.17, 15) is 32.3 Å². The summed E-state index contributed by atoms with van der Waals surface area (Å²) < 4.78 is 60.6. The Balaban J connectivity index is 1.24. The summed E-state index contributed by atoms with van der Waals surface area (Å²) in [5.74, 6) is -6.93. The van der Waals surface area contributed by atoms with Gasteiger partial charge in [0.05, 0.1) is 36.3 Å². The van der Waals surface area contributed by atoms with Crippen molar-refractivity contribution in [3.63, 3.8) is 0 Å². The third-order valence-corrected chi connectivity index (χ3v) is 8.74. The lowest BCUT2D eigenvalue weighted by atomic mass is 9.79. The number of carbonyl (C=O) groups is 2. The maximum atomic E-state index is 14.0. The largest absolute Gasteiger partial charge is 0.387 e. The van der Waals surface area contributed by atoms with Crippen LogP contribution in [0.5, 0.6) is 0 Å². The lowest BCUT2D eigenvalue weighted by molar-refractivity contribution is -0.134. The minimum atomic E-state index is -2.78. The van der Waals surface area contributed by atoms with Gasteiger partial charge >= 0.3 is 0 Å². The lowest BCUT2D eigenvalue weighted by Gasteiger charge is -2.34. The zero-order valence-corrected chi connectivity index (χ0v) is 23.5. The van der Waals surface area contributed by atoms with E-state index < -0.39 is 29.9 Å². The Morgan fingerprint density at radius 3 is 2.40 bits per heavy atom. The van der Waals surface area contributed by atoms with Crippen molar-refractivity contribution in [3.05, 3.63) is 41.1 Å². The molecule has 6 rings (SSSR count). The van der Waals surface area contributed by atoms with Crippen LogP contribution in [-0.4, -0.2) is 53.7 Å². The van der Waals surface area contributed by atoms with Gasteiger partial charge < -0.3 is 15.7 Å². The summed E-state index contributed by atoms with van der Waals surface area (Å²) >= 11 is 0. The highest BCUT2D eigenvalue weighted by Crippen LogP contribution is 2.45. The fraction of sp³-hybridized carbons (Fsp3) is 0.643. The van der Waals surface area contributed by atoms with Gasteiger partial charge in [-0.15, -0.1) is 0 Å². The SMILES string of the molecule is C[C@H](O)c1nonc1C(=O)NC(c1cn2ncc([C@H](NC(=O)CC3CC(F)(F)C3)C3CC3)cc2n1)C1CCC(F)(F)CC1. The molecular formula is C28H33F4N7O4. The van der Waals surface area contributed by atoms with Crippen molar-refractivity contribution in [2.75, 3.05) is 0 Å². The molecule has 3 aromatic rings. The average Bonchev–Trinajstić information content (AvgIpc) is 3.47. The predicted octanol–water partition coefficient (Wildman–Crippen LogP) is 4.46. The molecule has 3 aliphatic carbocycles. The number of imidazole rings is 1. The van der Waals surface area contributed by atoms with Gasteiger partial charge in [-0.2, -0.15) is 5.10 Å². The first-order chi connectivity index (χ1) is 20.4. The summed E-state index contributed by atoms with van der Waals surface area (Å²) in [6.45, 7) is 1.41. The fourth-order valence-electron chi connectivity index (χ4n) is 6.22. The van der Waals surface area contributed by atoms with Crippen LogP contribution in [0.2, 0.25) is 0 Å². The zero-order chi connectivity index (χ0) is 30.5. The molecular weight excluding hydrogens is 574 g/mol. The molecule has 3 saturated carbocycles. The highest BCUT2D eigenvalue weighted by atomic mass is 19.3. The topological polar surface area (TPSA) is 148 Å². The molecule has 2 amide bonds. The average molecular weight is 608 g/mol. The maximum Gasteiger partial charge on any atom is 0.276 e. The molecule has 3 heterocycles. The van der Waals surface area contributed by atoms with Crippen molar-refractivity contribution >= 4 is 17.5 Å². The smallest absolute Gasteiger partial charge is 0.276 e. The van der Waals surface area contributed by atoms with Crippen LogP contribution in [0.1, 0.15) is 110 Å². The molecule has 0 bridgehead atoms. The number of hydrogen-bond acceptors (Lipinski definition) is 8. The van der Waals surface area contributed by atoms with Gasteiger partial charge in [0, 0.05) is 32.1 Å². The molecule has 0 saturated heterocycles. The summed E-state index contributed by atoms with van der Waals surface area (Å²) in [6.07, 6.45) is 3.06. The first-order valence-corrected chi connectivity index (χ1v) is 14.6. The standard InChI is InChI=1S/C28H33F4N7O4/c1-14(40)22-25(38-43-37-22)26(42)36-24(17-4-6-27(29,30)7-5-17)19-13-39-20(34-19)9-18(12-33-39)23(16-2-3-16)35-21(41)8-15-10-28(31,32)11-15/h9,12-17,23-24,40H,2-8,10-11H2,1H3,(H,35,41)(H,36,42)/t14-,23+,24?/m0/s1. The van der Waals surface area contributed by atoms with Crippen molar-refractivity contribution in [1.82, 2.24) is 35.5 Å². The van der Waals surface area contributed by atoms with Crippen LogP contribution in [0.3, 0.4) is 0 Å². The van der Waals surface area contributed by atoms with Crippen LogP contribution < -0.4 is 10.6 Å². The Morgan fingerprint density at radius 2 is 1.74 bits per heavy atom. The van der Waals surface area contributed by atoms with Crippen LogP contribution in [0.4, 0.5) is 17.6 Å². The van der Waals surface area contributed by atoms with E-state index in [0.29, 0.717) is 16.9 Å². The molecule has 1 unspecified atom stereocenters. The molecule has 43 heavy (non-hydrogen) atoms. The van der Waals surface area contributed by atoms with E-state index in [1.165, 1.54) is 11.4 Å². The normalized spacial score (nSPS) is 22.5. The minimum Gasteiger partial charge on any atom is -0.387 e. The number of aliphatic hydroxyl groups excluding tert-OH is 1. The number of aromatic nitrogens is 5. The van der Waals surface area contributed by atoms with Gasteiger partial charge in [-0.05, 0) is 67.1 Å². The van der Waals surface area contributed by atoms with E-state index in [0.717, 1.165) is 12.8 Å². The Bertz CT molecular complexity index is 1490. The molecule has 0 aromatic carbocycles. The summed E-state index contributed by atoms with van der Waals surface area (Å²) in [5.41, 5.74) is 1.29. The van der Waals surface area contributed by atoms with Crippen molar-refractivity contribution in [2.45, 2.75) is 94.7 Å². The molecule has 3 N–H and O–H groups in total. The molecule has 3 fully saturated rings. The zero-order valence-electron chi connectivity index (χ0n) is 23.5. The minimum absolute atomic E-state index is 0.0433. The van der Waals surface area contributed by atoms with Crippen molar-refractivity contribution < 1.29 is 36.9 Å². The van der Waals surface area contributed by atoms with Gasteiger partial charge in [-0.1, -0.05) is 5.16 Å². The van der Waals surface area contributed by atoms with Gasteiger partial charge in [-0.25, -0.2) is 31.7 Å². The Labute approximate surface area is 243 Å². The fourth-order valence-corrected chi connectivity index (χ4v) is 6.22. The molecule has 0 radical (unpaired) electrons. The Morgan fingerprint density at radius 1 is 1.05 bits per heavy atom. The number of aliphatic hydroxyl groups is 1. The van der Waals surface area contributed by atoms with E-state index in [2.05, 4.69) is 30.7 Å². The third kappa shape index (κ3) is 6.50. The number of nitrogens with one attached hydrogen (secondary N) is 2. The second kappa shape index (κ2) is 11.1. The number of nitrogens with zero attached hydrogens (tertiary/aromatic N) is 5. The van der Waals surface area contributed by atoms with Crippen molar-refractivity contribution in [3.8, 4) is 0 Å². The summed E-state index contributed by atoms with van der Waals surface area (Å²) in [4.78, 5) is 30.6. The van der Waals surface area contributed by atoms with Crippen LogP contribution in [0, 0.1) is 17.8 Å². The molecule has 3 aliphatic rings. The quantitative estimate of drug-likeness (QED) is 0.286. The maximum absolute atomic E-state index is 14.0. The van der Waals surface area contributed by atoms with Gasteiger partial charge in [0.1, 0.15) is 5.69 Å². The number of alkyl halides is 4. The number of amides is 2. The van der Waals surface area contributed by atoms with E-state index in [-0.39, 0.29) is 86.0 Å². The first-order valence-electron chi connectivity index (χ1n) is 14.6. The van der Waals surface area contributed by atoms with Crippen molar-refractivity contribution in [1.29, 1.82) is 0 Å². The summed E-state index contributed by atoms with van der Waals surface area (Å²) in [7, 11) is 0. The van der Waals surface area contributed by atoms with Crippen LogP contribution in [0.15, 0.2) is 23.1 Å². The highest BCUT2D eigenvalue weighted by molar-refractivity contribution is 5.93. The van der Waals surface area contributed by atoms with Gasteiger partial charge in [0.2, 0.25) is 17.8 Å². The number of rotatable bonds is 10. The van der Waals surface area contributed by atoms with E-state index in [1.54, 1.807) is 18.5 Å². The molecule has 232 valence electrons. The van der Waals surface area contributed by atoms with Crippen LogP contribution in [0.25, 0.3) is 5.65 Å². The first kappa shape index (κ1) is 29.5.